The first-order valence-electron chi connectivity index (χ1n) is 8.40. The van der Waals surface area contributed by atoms with Crippen LogP contribution < -0.4 is 5.32 Å². The van der Waals surface area contributed by atoms with Crippen LogP contribution in [0.2, 0.25) is 0 Å². The Balaban J connectivity index is 1.72. The van der Waals surface area contributed by atoms with Gasteiger partial charge in [-0.05, 0) is 54.3 Å². The molecule has 26 heavy (non-hydrogen) atoms. The lowest BCUT2D eigenvalue weighted by Gasteiger charge is -2.10. The maximum atomic E-state index is 12.6. The molecule has 2 N–H and O–H groups in total. The second-order valence-electron chi connectivity index (χ2n) is 5.98. The van der Waals surface area contributed by atoms with Crippen molar-refractivity contribution in [1.82, 2.24) is 0 Å². The monoisotopic (exact) mass is 345 g/mol. The fourth-order valence-electron chi connectivity index (χ4n) is 2.78. The molecule has 3 rings (SSSR count). The highest BCUT2D eigenvalue weighted by molar-refractivity contribution is 6.05. The van der Waals surface area contributed by atoms with Crippen LogP contribution in [0.3, 0.4) is 0 Å². The molecule has 3 aromatic rings. The van der Waals surface area contributed by atoms with Crippen molar-refractivity contribution < 1.29 is 14.7 Å². The largest absolute Gasteiger partial charge is 0.478 e. The fourth-order valence-corrected chi connectivity index (χ4v) is 2.78. The van der Waals surface area contributed by atoms with Gasteiger partial charge < -0.3 is 10.4 Å². The third-order valence-electron chi connectivity index (χ3n) is 4.18. The lowest BCUT2D eigenvalue weighted by Crippen LogP contribution is -2.14. The molecule has 0 aliphatic rings. The first-order chi connectivity index (χ1) is 12.6. The van der Waals surface area contributed by atoms with Gasteiger partial charge in [0, 0.05) is 11.3 Å². The summed E-state index contributed by atoms with van der Waals surface area (Å²) in [6.07, 6.45) is 1.63. The van der Waals surface area contributed by atoms with Gasteiger partial charge in [0.1, 0.15) is 0 Å². The first kappa shape index (κ1) is 17.4. The highest BCUT2D eigenvalue weighted by Crippen LogP contribution is 2.16. The van der Waals surface area contributed by atoms with E-state index < -0.39 is 5.97 Å². The molecule has 0 spiro atoms. The van der Waals surface area contributed by atoms with Crippen molar-refractivity contribution in [2.45, 2.75) is 12.8 Å². The average Bonchev–Trinajstić information content (AvgIpc) is 2.68. The lowest BCUT2D eigenvalue weighted by molar-refractivity contribution is 0.0696. The molecule has 0 aliphatic carbocycles. The highest BCUT2D eigenvalue weighted by atomic mass is 16.4. The molecule has 0 atom stereocenters. The number of hydrogen-bond donors (Lipinski definition) is 2. The number of carbonyl (C=O) groups excluding carboxylic acids is 1. The predicted molar refractivity (Wildman–Crippen MR) is 102 cm³/mol. The van der Waals surface area contributed by atoms with Crippen LogP contribution in [0, 0.1) is 0 Å². The maximum Gasteiger partial charge on any atom is 0.335 e. The number of anilines is 1. The van der Waals surface area contributed by atoms with E-state index in [4.69, 9.17) is 5.11 Å². The van der Waals surface area contributed by atoms with E-state index in [0.29, 0.717) is 11.3 Å². The minimum absolute atomic E-state index is 0.186. The first-order valence-corrected chi connectivity index (χ1v) is 8.40. The molecular formula is C22H19NO3. The lowest BCUT2D eigenvalue weighted by atomic mass is 9.99. The molecule has 0 aromatic heterocycles. The third kappa shape index (κ3) is 4.36. The van der Waals surface area contributed by atoms with E-state index in [0.717, 1.165) is 18.4 Å². The zero-order chi connectivity index (χ0) is 18.4. The van der Waals surface area contributed by atoms with Gasteiger partial charge in [-0.15, -0.1) is 0 Å². The van der Waals surface area contributed by atoms with E-state index in [1.54, 1.807) is 18.2 Å². The standard InChI is InChI=1S/C22H19NO3/c24-21(23-19-14-12-18(13-15-19)22(25)26)20-9-5-4-8-17(20)11-10-16-6-2-1-3-7-16/h1-9,12-15H,10-11H2,(H,23,24)(H,25,26). The van der Waals surface area contributed by atoms with Crippen molar-refractivity contribution in [3.05, 3.63) is 101 Å². The normalized spacial score (nSPS) is 10.3. The van der Waals surface area contributed by atoms with Crippen molar-refractivity contribution in [2.24, 2.45) is 0 Å². The SMILES string of the molecule is O=C(O)c1ccc(NC(=O)c2ccccc2CCc2ccccc2)cc1. The summed E-state index contributed by atoms with van der Waals surface area (Å²) in [6, 6.07) is 23.8. The topological polar surface area (TPSA) is 66.4 Å². The van der Waals surface area contributed by atoms with E-state index in [9.17, 15) is 9.59 Å². The minimum atomic E-state index is -0.992. The maximum absolute atomic E-state index is 12.6. The van der Waals surface area contributed by atoms with Crippen LogP contribution in [0.5, 0.6) is 0 Å². The molecule has 0 saturated carbocycles. The van der Waals surface area contributed by atoms with Crippen LogP contribution in [-0.4, -0.2) is 17.0 Å². The number of nitrogens with one attached hydrogen (secondary N) is 1. The minimum Gasteiger partial charge on any atom is -0.478 e. The van der Waals surface area contributed by atoms with Crippen LogP contribution in [0.15, 0.2) is 78.9 Å². The highest BCUT2D eigenvalue weighted by Gasteiger charge is 2.12. The Bertz CT molecular complexity index is 902. The summed E-state index contributed by atoms with van der Waals surface area (Å²) in [6.45, 7) is 0. The van der Waals surface area contributed by atoms with Gasteiger partial charge in [-0.3, -0.25) is 4.79 Å². The molecule has 0 fully saturated rings. The molecule has 130 valence electrons. The van der Waals surface area contributed by atoms with Crippen molar-refractivity contribution in [2.75, 3.05) is 5.32 Å². The summed E-state index contributed by atoms with van der Waals surface area (Å²) in [5.41, 5.74) is 3.60. The number of benzene rings is 3. The van der Waals surface area contributed by atoms with Crippen LogP contribution in [-0.2, 0) is 12.8 Å². The molecule has 0 saturated heterocycles. The van der Waals surface area contributed by atoms with E-state index in [2.05, 4.69) is 17.4 Å². The van der Waals surface area contributed by atoms with Gasteiger partial charge in [0.05, 0.1) is 5.56 Å². The van der Waals surface area contributed by atoms with E-state index in [1.807, 2.05) is 36.4 Å². The van der Waals surface area contributed by atoms with Crippen molar-refractivity contribution in [3.63, 3.8) is 0 Å². The number of hydrogen-bond acceptors (Lipinski definition) is 2. The number of rotatable bonds is 6. The summed E-state index contributed by atoms with van der Waals surface area (Å²) < 4.78 is 0. The number of carbonyl (C=O) groups is 2. The van der Waals surface area contributed by atoms with Gasteiger partial charge in [0.15, 0.2) is 0 Å². The Labute approximate surface area is 152 Å². The molecule has 4 nitrogen and oxygen atoms in total. The zero-order valence-corrected chi connectivity index (χ0v) is 14.2. The average molecular weight is 345 g/mol. The molecule has 3 aromatic carbocycles. The van der Waals surface area contributed by atoms with Gasteiger partial charge in [0.25, 0.3) is 5.91 Å². The predicted octanol–water partition coefficient (Wildman–Crippen LogP) is 4.42. The number of carboxylic acid groups (broad SMARTS) is 1. The van der Waals surface area contributed by atoms with Gasteiger partial charge in [-0.2, -0.15) is 0 Å². The second-order valence-corrected chi connectivity index (χ2v) is 5.98. The molecular weight excluding hydrogens is 326 g/mol. The van der Waals surface area contributed by atoms with Gasteiger partial charge >= 0.3 is 5.97 Å². The summed E-state index contributed by atoms with van der Waals surface area (Å²) in [7, 11) is 0. The zero-order valence-electron chi connectivity index (χ0n) is 14.2. The molecule has 4 heteroatoms. The third-order valence-corrected chi connectivity index (χ3v) is 4.18. The molecule has 0 bridgehead atoms. The Hall–Kier alpha value is -3.40. The van der Waals surface area contributed by atoms with Crippen molar-refractivity contribution >= 4 is 17.6 Å². The Kier molecular flexibility index (Phi) is 5.44. The van der Waals surface area contributed by atoms with Crippen LogP contribution in [0.1, 0.15) is 31.8 Å². The smallest absolute Gasteiger partial charge is 0.335 e. The van der Waals surface area contributed by atoms with Crippen LogP contribution in [0.25, 0.3) is 0 Å². The molecule has 0 heterocycles. The quantitative estimate of drug-likeness (QED) is 0.695. The Morgan fingerprint density at radius 1 is 0.769 bits per heavy atom. The van der Waals surface area contributed by atoms with E-state index >= 15 is 0 Å². The second kappa shape index (κ2) is 8.12. The van der Waals surface area contributed by atoms with Crippen molar-refractivity contribution in [3.8, 4) is 0 Å². The van der Waals surface area contributed by atoms with Crippen LogP contribution in [0.4, 0.5) is 5.69 Å². The van der Waals surface area contributed by atoms with Gasteiger partial charge in [-0.25, -0.2) is 4.79 Å². The fraction of sp³-hybridized carbons (Fsp3) is 0.0909. The van der Waals surface area contributed by atoms with E-state index in [-0.39, 0.29) is 11.5 Å². The molecule has 1 amide bonds. The number of carboxylic acids is 1. The molecule has 0 radical (unpaired) electrons. The Morgan fingerprint density at radius 2 is 1.42 bits per heavy atom. The summed E-state index contributed by atoms with van der Waals surface area (Å²) in [4.78, 5) is 23.5. The van der Waals surface area contributed by atoms with Gasteiger partial charge in [-0.1, -0.05) is 48.5 Å². The van der Waals surface area contributed by atoms with Crippen LogP contribution >= 0.6 is 0 Å². The summed E-state index contributed by atoms with van der Waals surface area (Å²) in [5.74, 6) is -1.19. The van der Waals surface area contributed by atoms with E-state index in [1.165, 1.54) is 17.7 Å². The number of amides is 1. The summed E-state index contributed by atoms with van der Waals surface area (Å²) in [5, 5.41) is 11.8. The van der Waals surface area contributed by atoms with Gasteiger partial charge in [0.2, 0.25) is 0 Å². The Morgan fingerprint density at radius 3 is 2.12 bits per heavy atom. The van der Waals surface area contributed by atoms with Crippen molar-refractivity contribution in [1.29, 1.82) is 0 Å². The molecule has 0 unspecified atom stereocenters. The molecule has 0 aliphatic heterocycles. The summed E-state index contributed by atoms with van der Waals surface area (Å²) >= 11 is 0. The number of aromatic carboxylic acids is 1. The number of aryl methyl sites for hydroxylation is 2.